The van der Waals surface area contributed by atoms with E-state index in [2.05, 4.69) is 10.3 Å². The molecule has 2 aromatic rings. The van der Waals surface area contributed by atoms with Crippen LogP contribution < -0.4 is 5.32 Å². The molecule has 24 heavy (non-hydrogen) atoms. The van der Waals surface area contributed by atoms with Gasteiger partial charge in [0.25, 0.3) is 5.91 Å². The predicted octanol–water partition coefficient (Wildman–Crippen LogP) is 2.82. The molecule has 0 saturated heterocycles. The van der Waals surface area contributed by atoms with Crippen molar-refractivity contribution in [3.8, 4) is 0 Å². The van der Waals surface area contributed by atoms with E-state index in [1.165, 1.54) is 6.39 Å². The van der Waals surface area contributed by atoms with Crippen LogP contribution in [0, 0.1) is 5.41 Å². The van der Waals surface area contributed by atoms with E-state index < -0.39 is 11.4 Å². The molecule has 1 amide bonds. The highest BCUT2D eigenvalue weighted by Crippen LogP contribution is 2.22. The summed E-state index contributed by atoms with van der Waals surface area (Å²) in [6.45, 7) is 5.68. The Morgan fingerprint density at radius 1 is 1.21 bits per heavy atom. The number of nitrogens with zero attached hydrogens (tertiary/aromatic N) is 1. The summed E-state index contributed by atoms with van der Waals surface area (Å²) in [6.07, 6.45) is 2.35. The average Bonchev–Trinajstić information content (AvgIpc) is 3.02. The number of carboxylic acid groups (broad SMARTS) is 1. The fourth-order valence-electron chi connectivity index (χ4n) is 2.33. The number of hydrogen-bond donors (Lipinski definition) is 2. The second-order valence-corrected chi connectivity index (χ2v) is 6.35. The maximum atomic E-state index is 12.1. The Morgan fingerprint density at radius 2 is 1.83 bits per heavy atom. The second-order valence-electron chi connectivity index (χ2n) is 6.35. The third-order valence-electron chi connectivity index (χ3n) is 3.88. The van der Waals surface area contributed by atoms with E-state index in [0.717, 1.165) is 11.1 Å². The Bertz CT molecular complexity index is 717. The molecular formula is C18H22N2O4. The van der Waals surface area contributed by atoms with Crippen molar-refractivity contribution in [2.24, 2.45) is 5.41 Å². The van der Waals surface area contributed by atoms with Crippen molar-refractivity contribution in [2.45, 2.75) is 40.2 Å². The molecule has 0 fully saturated rings. The van der Waals surface area contributed by atoms with Crippen molar-refractivity contribution in [3.05, 3.63) is 53.2 Å². The first-order chi connectivity index (χ1) is 11.3. The molecule has 0 spiro atoms. The molecule has 0 saturated carbocycles. The number of oxazole rings is 1. The zero-order chi connectivity index (χ0) is 17.7. The lowest BCUT2D eigenvalue weighted by atomic mass is 9.86. The number of carboxylic acids is 1. The number of benzene rings is 1. The van der Waals surface area contributed by atoms with E-state index in [1.54, 1.807) is 13.8 Å². The Hall–Kier alpha value is -2.63. The van der Waals surface area contributed by atoms with Crippen LogP contribution >= 0.6 is 0 Å². The lowest BCUT2D eigenvalue weighted by Gasteiger charge is -2.19. The summed E-state index contributed by atoms with van der Waals surface area (Å²) >= 11 is 0. The van der Waals surface area contributed by atoms with Crippen molar-refractivity contribution in [2.75, 3.05) is 0 Å². The first-order valence-corrected chi connectivity index (χ1v) is 7.85. The van der Waals surface area contributed by atoms with Gasteiger partial charge in [0.15, 0.2) is 6.39 Å². The van der Waals surface area contributed by atoms with Crippen LogP contribution in [0.25, 0.3) is 0 Å². The van der Waals surface area contributed by atoms with Crippen LogP contribution in [-0.2, 0) is 24.2 Å². The van der Waals surface area contributed by atoms with Gasteiger partial charge in [-0.2, -0.15) is 0 Å². The second kappa shape index (κ2) is 7.29. The molecule has 6 nitrogen and oxygen atoms in total. The molecule has 0 aliphatic rings. The average molecular weight is 330 g/mol. The molecule has 0 unspecified atom stereocenters. The largest absolute Gasteiger partial charge is 0.481 e. The lowest BCUT2D eigenvalue weighted by Crippen LogP contribution is -2.26. The van der Waals surface area contributed by atoms with E-state index in [9.17, 15) is 14.7 Å². The number of aromatic nitrogens is 1. The molecule has 0 atom stereocenters. The molecule has 0 bridgehead atoms. The van der Waals surface area contributed by atoms with Gasteiger partial charge in [-0.1, -0.05) is 31.2 Å². The van der Waals surface area contributed by atoms with Crippen LogP contribution in [0.1, 0.15) is 48.1 Å². The molecule has 0 aliphatic carbocycles. The van der Waals surface area contributed by atoms with Gasteiger partial charge in [-0.15, -0.1) is 0 Å². The van der Waals surface area contributed by atoms with E-state index in [1.807, 2.05) is 31.2 Å². The van der Waals surface area contributed by atoms with Gasteiger partial charge in [-0.25, -0.2) is 4.98 Å². The smallest absolute Gasteiger partial charge is 0.309 e. The monoisotopic (exact) mass is 330 g/mol. The number of rotatable bonds is 7. The highest BCUT2D eigenvalue weighted by molar-refractivity contribution is 5.92. The van der Waals surface area contributed by atoms with Crippen LogP contribution in [0.4, 0.5) is 0 Å². The quantitative estimate of drug-likeness (QED) is 0.814. The molecule has 128 valence electrons. The van der Waals surface area contributed by atoms with Crippen LogP contribution in [-0.4, -0.2) is 22.0 Å². The maximum Gasteiger partial charge on any atom is 0.309 e. The standard InChI is InChI=1S/C18H22N2O4/c1-4-14-15(24-11-20-14)16(21)19-10-13-7-5-12(6-8-13)9-18(2,3)17(22)23/h5-8,11H,4,9-10H2,1-3H3,(H,19,21)(H,22,23). The van der Waals surface area contributed by atoms with Gasteiger partial charge in [0.05, 0.1) is 11.1 Å². The number of aryl methyl sites for hydroxylation is 1. The van der Waals surface area contributed by atoms with Crippen LogP contribution in [0.15, 0.2) is 35.1 Å². The third kappa shape index (κ3) is 4.22. The van der Waals surface area contributed by atoms with Crippen LogP contribution in [0.2, 0.25) is 0 Å². The number of carbonyl (C=O) groups is 2. The zero-order valence-electron chi connectivity index (χ0n) is 14.1. The van der Waals surface area contributed by atoms with E-state index in [0.29, 0.717) is 25.1 Å². The summed E-state index contributed by atoms with van der Waals surface area (Å²) < 4.78 is 5.12. The topological polar surface area (TPSA) is 92.4 Å². The van der Waals surface area contributed by atoms with Gasteiger partial charge in [0.2, 0.25) is 5.76 Å². The highest BCUT2D eigenvalue weighted by atomic mass is 16.4. The molecule has 0 aliphatic heterocycles. The normalized spacial score (nSPS) is 11.3. The van der Waals surface area contributed by atoms with Gasteiger partial charge in [0, 0.05) is 6.54 Å². The maximum absolute atomic E-state index is 12.1. The Kier molecular flexibility index (Phi) is 5.39. The number of amides is 1. The third-order valence-corrected chi connectivity index (χ3v) is 3.88. The SMILES string of the molecule is CCc1ncoc1C(=O)NCc1ccc(CC(C)(C)C(=O)O)cc1. The number of nitrogens with one attached hydrogen (secondary N) is 1. The zero-order valence-corrected chi connectivity index (χ0v) is 14.1. The summed E-state index contributed by atoms with van der Waals surface area (Å²) in [5, 5.41) is 12.0. The molecule has 1 aromatic heterocycles. The summed E-state index contributed by atoms with van der Waals surface area (Å²) in [6, 6.07) is 7.54. The fraction of sp³-hybridized carbons (Fsp3) is 0.389. The van der Waals surface area contributed by atoms with E-state index in [-0.39, 0.29) is 11.7 Å². The van der Waals surface area contributed by atoms with Crippen molar-refractivity contribution in [1.29, 1.82) is 0 Å². The fourth-order valence-corrected chi connectivity index (χ4v) is 2.33. The van der Waals surface area contributed by atoms with E-state index in [4.69, 9.17) is 4.42 Å². The van der Waals surface area contributed by atoms with Gasteiger partial charge in [-0.05, 0) is 37.8 Å². The van der Waals surface area contributed by atoms with E-state index >= 15 is 0 Å². The molecule has 1 aromatic carbocycles. The van der Waals surface area contributed by atoms with Crippen LogP contribution in [0.5, 0.6) is 0 Å². The lowest BCUT2D eigenvalue weighted by molar-refractivity contribution is -0.146. The minimum absolute atomic E-state index is 0.248. The Labute approximate surface area is 140 Å². The van der Waals surface area contributed by atoms with Crippen molar-refractivity contribution in [1.82, 2.24) is 10.3 Å². The number of hydrogen-bond acceptors (Lipinski definition) is 4. The van der Waals surface area contributed by atoms with Crippen molar-refractivity contribution < 1.29 is 19.1 Å². The number of carbonyl (C=O) groups excluding carboxylic acids is 1. The van der Waals surface area contributed by atoms with Crippen LogP contribution in [0.3, 0.4) is 0 Å². The van der Waals surface area contributed by atoms with Crippen molar-refractivity contribution in [3.63, 3.8) is 0 Å². The first kappa shape index (κ1) is 17.7. The molecule has 0 radical (unpaired) electrons. The van der Waals surface area contributed by atoms with Gasteiger partial charge >= 0.3 is 5.97 Å². The molecule has 2 rings (SSSR count). The molecule has 6 heteroatoms. The minimum atomic E-state index is -0.822. The predicted molar refractivity (Wildman–Crippen MR) is 88.6 cm³/mol. The van der Waals surface area contributed by atoms with Gasteiger partial charge in [-0.3, -0.25) is 9.59 Å². The molecular weight excluding hydrogens is 308 g/mol. The molecule has 2 N–H and O–H groups in total. The number of aliphatic carboxylic acids is 1. The van der Waals surface area contributed by atoms with Crippen molar-refractivity contribution >= 4 is 11.9 Å². The highest BCUT2D eigenvalue weighted by Gasteiger charge is 2.27. The summed E-state index contributed by atoms with van der Waals surface area (Å²) in [5.74, 6) is -0.865. The molecule has 1 heterocycles. The Morgan fingerprint density at radius 3 is 2.42 bits per heavy atom. The Balaban J connectivity index is 1.95. The summed E-state index contributed by atoms with van der Waals surface area (Å²) in [4.78, 5) is 27.2. The summed E-state index contributed by atoms with van der Waals surface area (Å²) in [5.41, 5.74) is 1.70. The first-order valence-electron chi connectivity index (χ1n) is 7.85. The minimum Gasteiger partial charge on any atom is -0.481 e. The van der Waals surface area contributed by atoms with Gasteiger partial charge in [0.1, 0.15) is 0 Å². The summed E-state index contributed by atoms with van der Waals surface area (Å²) in [7, 11) is 0. The van der Waals surface area contributed by atoms with Gasteiger partial charge < -0.3 is 14.8 Å².